The van der Waals surface area contributed by atoms with Gasteiger partial charge in [0.05, 0.1) is 6.42 Å². The van der Waals surface area contributed by atoms with Crippen LogP contribution in [-0.4, -0.2) is 21.5 Å². The molecule has 0 saturated heterocycles. The predicted octanol–water partition coefficient (Wildman–Crippen LogP) is 3.46. The van der Waals surface area contributed by atoms with Gasteiger partial charge in [0.2, 0.25) is 0 Å². The second-order valence-corrected chi connectivity index (χ2v) is 5.34. The number of pyridine rings is 2. The summed E-state index contributed by atoms with van der Waals surface area (Å²) in [5.74, 6) is -0.652. The first-order valence-corrected chi connectivity index (χ1v) is 6.96. The Kier molecular flexibility index (Phi) is 4.55. The molecule has 0 aliphatic heterocycles. The van der Waals surface area contributed by atoms with E-state index in [2.05, 4.69) is 41.8 Å². The minimum atomic E-state index is -0.326. The zero-order chi connectivity index (χ0) is 13.8. The first kappa shape index (κ1) is 14.0. The average molecular weight is 384 g/mol. The Hall–Kier alpha value is -1.40. The SMILES string of the molecule is O=C(CC(=O)c1cccc(Br)n1)c1cccc(Br)n1. The lowest BCUT2D eigenvalue weighted by Crippen LogP contribution is -2.11. The Morgan fingerprint density at radius 2 is 1.26 bits per heavy atom. The van der Waals surface area contributed by atoms with Gasteiger partial charge in [0.15, 0.2) is 11.6 Å². The maximum absolute atomic E-state index is 11.9. The molecular weight excluding hydrogens is 376 g/mol. The number of Topliss-reactive ketones (excluding diaryl/α,β-unsaturated/α-hetero) is 2. The van der Waals surface area contributed by atoms with Crippen molar-refractivity contribution >= 4 is 43.4 Å². The van der Waals surface area contributed by atoms with Crippen LogP contribution in [0.2, 0.25) is 0 Å². The van der Waals surface area contributed by atoms with Crippen LogP contribution in [0, 0.1) is 0 Å². The minimum absolute atomic E-state index is 0.243. The van der Waals surface area contributed by atoms with Gasteiger partial charge >= 0.3 is 0 Å². The van der Waals surface area contributed by atoms with Crippen molar-refractivity contribution < 1.29 is 9.59 Å². The van der Waals surface area contributed by atoms with Gasteiger partial charge < -0.3 is 0 Å². The van der Waals surface area contributed by atoms with Crippen LogP contribution < -0.4 is 0 Å². The third kappa shape index (κ3) is 3.78. The van der Waals surface area contributed by atoms with E-state index >= 15 is 0 Å². The number of halogens is 2. The molecule has 2 heterocycles. The van der Waals surface area contributed by atoms with E-state index in [9.17, 15) is 9.59 Å². The summed E-state index contributed by atoms with van der Waals surface area (Å²) in [5.41, 5.74) is 0.524. The lowest BCUT2D eigenvalue weighted by Gasteiger charge is -2.01. The largest absolute Gasteiger partial charge is 0.292 e. The first-order valence-electron chi connectivity index (χ1n) is 5.38. The van der Waals surface area contributed by atoms with Crippen molar-refractivity contribution in [2.24, 2.45) is 0 Å². The fraction of sp³-hybridized carbons (Fsp3) is 0.0769. The molecule has 0 aromatic carbocycles. The van der Waals surface area contributed by atoms with E-state index in [4.69, 9.17) is 0 Å². The molecule has 0 saturated carbocycles. The Morgan fingerprint density at radius 3 is 1.63 bits per heavy atom. The number of hydrogen-bond acceptors (Lipinski definition) is 4. The van der Waals surface area contributed by atoms with Crippen molar-refractivity contribution in [3.8, 4) is 0 Å². The van der Waals surface area contributed by atoms with E-state index in [1.807, 2.05) is 0 Å². The van der Waals surface area contributed by atoms with Crippen LogP contribution in [0.3, 0.4) is 0 Å². The molecule has 0 radical (unpaired) electrons. The highest BCUT2D eigenvalue weighted by Crippen LogP contribution is 2.11. The second-order valence-electron chi connectivity index (χ2n) is 3.71. The van der Waals surface area contributed by atoms with Crippen molar-refractivity contribution in [3.63, 3.8) is 0 Å². The lowest BCUT2D eigenvalue weighted by molar-refractivity contribution is 0.0888. The van der Waals surface area contributed by atoms with E-state index in [1.165, 1.54) is 0 Å². The summed E-state index contributed by atoms with van der Waals surface area (Å²) in [7, 11) is 0. The highest BCUT2D eigenvalue weighted by Gasteiger charge is 2.16. The molecule has 0 unspecified atom stereocenters. The van der Waals surface area contributed by atoms with Crippen molar-refractivity contribution in [1.82, 2.24) is 9.97 Å². The number of aromatic nitrogens is 2. The summed E-state index contributed by atoms with van der Waals surface area (Å²) < 4.78 is 1.12. The second kappa shape index (κ2) is 6.16. The van der Waals surface area contributed by atoms with Gasteiger partial charge in [0.1, 0.15) is 20.6 Å². The molecule has 2 aromatic rings. The highest BCUT2D eigenvalue weighted by atomic mass is 79.9. The molecule has 0 N–H and O–H groups in total. The molecular formula is C13H8Br2N2O2. The first-order chi connectivity index (χ1) is 9.06. The van der Waals surface area contributed by atoms with E-state index < -0.39 is 0 Å². The summed E-state index contributed by atoms with van der Waals surface area (Å²) in [6, 6.07) is 9.99. The van der Waals surface area contributed by atoms with E-state index in [0.717, 1.165) is 0 Å². The molecule has 0 atom stereocenters. The van der Waals surface area contributed by atoms with Gasteiger partial charge in [-0.05, 0) is 56.1 Å². The minimum Gasteiger partial charge on any atom is -0.292 e. The summed E-state index contributed by atoms with van der Waals surface area (Å²) >= 11 is 6.37. The standard InChI is InChI=1S/C13H8Br2N2O2/c14-12-5-1-3-8(16-12)10(18)7-11(19)9-4-2-6-13(15)17-9/h1-6H,7H2. The van der Waals surface area contributed by atoms with Gasteiger partial charge in [-0.2, -0.15) is 0 Å². The van der Waals surface area contributed by atoms with Crippen molar-refractivity contribution in [1.29, 1.82) is 0 Å². The number of carbonyl (C=O) groups is 2. The molecule has 96 valence electrons. The van der Waals surface area contributed by atoms with Crippen molar-refractivity contribution in [2.45, 2.75) is 6.42 Å². The summed E-state index contributed by atoms with van der Waals surface area (Å²) in [5, 5.41) is 0. The Labute approximate surface area is 126 Å². The molecule has 2 aromatic heterocycles. The number of rotatable bonds is 4. The van der Waals surface area contributed by atoms with Crippen LogP contribution >= 0.6 is 31.9 Å². The lowest BCUT2D eigenvalue weighted by atomic mass is 10.1. The Balaban J connectivity index is 2.13. The van der Waals surface area contributed by atoms with Crippen LogP contribution in [0.1, 0.15) is 27.4 Å². The van der Waals surface area contributed by atoms with E-state index in [-0.39, 0.29) is 29.4 Å². The zero-order valence-electron chi connectivity index (χ0n) is 9.64. The normalized spacial score (nSPS) is 10.2. The van der Waals surface area contributed by atoms with Crippen LogP contribution in [0.4, 0.5) is 0 Å². The van der Waals surface area contributed by atoms with Crippen LogP contribution in [-0.2, 0) is 0 Å². The van der Waals surface area contributed by atoms with Gasteiger partial charge in [-0.15, -0.1) is 0 Å². The van der Waals surface area contributed by atoms with Crippen molar-refractivity contribution in [3.05, 3.63) is 57.0 Å². The molecule has 6 heteroatoms. The molecule has 0 aliphatic carbocycles. The fourth-order valence-corrected chi connectivity index (χ4v) is 2.14. The highest BCUT2D eigenvalue weighted by molar-refractivity contribution is 9.10. The van der Waals surface area contributed by atoms with Crippen LogP contribution in [0.25, 0.3) is 0 Å². The molecule has 0 amide bonds. The summed E-state index contributed by atoms with van der Waals surface area (Å²) in [4.78, 5) is 31.9. The smallest absolute Gasteiger partial charge is 0.189 e. The van der Waals surface area contributed by atoms with Crippen LogP contribution in [0.15, 0.2) is 45.6 Å². The maximum atomic E-state index is 11.9. The molecule has 19 heavy (non-hydrogen) atoms. The molecule has 0 spiro atoms. The average Bonchev–Trinajstić information content (AvgIpc) is 2.38. The zero-order valence-corrected chi connectivity index (χ0v) is 12.8. The molecule has 0 aliphatic rings. The van der Waals surface area contributed by atoms with Gasteiger partial charge in [0.25, 0.3) is 0 Å². The van der Waals surface area contributed by atoms with Gasteiger partial charge in [-0.3, -0.25) is 9.59 Å². The van der Waals surface area contributed by atoms with Crippen molar-refractivity contribution in [2.75, 3.05) is 0 Å². The third-order valence-electron chi connectivity index (χ3n) is 2.32. The third-order valence-corrected chi connectivity index (χ3v) is 3.21. The van der Waals surface area contributed by atoms with Gasteiger partial charge in [0, 0.05) is 0 Å². The molecule has 4 nitrogen and oxygen atoms in total. The van der Waals surface area contributed by atoms with Gasteiger partial charge in [-0.25, -0.2) is 9.97 Å². The molecule has 2 rings (SSSR count). The number of ketones is 2. The Morgan fingerprint density at radius 1 is 0.842 bits per heavy atom. The number of hydrogen-bond donors (Lipinski definition) is 0. The topological polar surface area (TPSA) is 59.9 Å². The quantitative estimate of drug-likeness (QED) is 0.460. The number of carbonyl (C=O) groups excluding carboxylic acids is 2. The summed E-state index contributed by atoms with van der Waals surface area (Å²) in [6.45, 7) is 0. The summed E-state index contributed by atoms with van der Waals surface area (Å²) in [6.07, 6.45) is -0.243. The fourth-order valence-electron chi connectivity index (χ4n) is 1.45. The van der Waals surface area contributed by atoms with E-state index in [1.54, 1.807) is 36.4 Å². The van der Waals surface area contributed by atoms with E-state index in [0.29, 0.717) is 9.21 Å². The monoisotopic (exact) mass is 382 g/mol. The van der Waals surface area contributed by atoms with Gasteiger partial charge in [-0.1, -0.05) is 12.1 Å². The maximum Gasteiger partial charge on any atom is 0.189 e. The Bertz CT molecular complexity index is 589. The number of nitrogens with zero attached hydrogens (tertiary/aromatic N) is 2. The molecule has 0 bridgehead atoms. The predicted molar refractivity (Wildman–Crippen MR) is 77.2 cm³/mol. The van der Waals surface area contributed by atoms with Crippen LogP contribution in [0.5, 0.6) is 0 Å². The molecule has 0 fully saturated rings.